The predicted octanol–water partition coefficient (Wildman–Crippen LogP) is 2.55. The number of methoxy groups -OCH3 is 1. The van der Waals surface area contributed by atoms with Gasteiger partial charge in [0, 0.05) is 5.56 Å². The van der Waals surface area contributed by atoms with Crippen LogP contribution in [0.1, 0.15) is 30.9 Å². The maximum absolute atomic E-state index is 12.0. The summed E-state index contributed by atoms with van der Waals surface area (Å²) in [6.07, 6.45) is 1.91. The van der Waals surface area contributed by atoms with E-state index in [4.69, 9.17) is 15.2 Å². The van der Waals surface area contributed by atoms with Crippen molar-refractivity contribution in [1.82, 2.24) is 4.98 Å². The summed E-state index contributed by atoms with van der Waals surface area (Å²) in [6.45, 7) is 2.62. The van der Waals surface area contributed by atoms with Gasteiger partial charge in [-0.15, -0.1) is 0 Å². The van der Waals surface area contributed by atoms with Gasteiger partial charge in [-0.1, -0.05) is 19.4 Å². The largest absolute Gasteiger partial charge is 0.493 e. The van der Waals surface area contributed by atoms with E-state index in [1.54, 1.807) is 18.2 Å². The van der Waals surface area contributed by atoms with Crippen molar-refractivity contribution in [3.8, 4) is 34.8 Å². The molecule has 128 valence electrons. The number of unbranched alkanes of at least 4 members (excludes halogenated alkanes) is 1. The van der Waals surface area contributed by atoms with Crippen LogP contribution in [0, 0.1) is 22.7 Å². The first kappa shape index (κ1) is 17.9. The molecule has 1 heterocycles. The summed E-state index contributed by atoms with van der Waals surface area (Å²) >= 11 is 0. The van der Waals surface area contributed by atoms with Gasteiger partial charge in [0.1, 0.15) is 29.1 Å². The van der Waals surface area contributed by atoms with Crippen LogP contribution >= 0.6 is 0 Å². The maximum atomic E-state index is 12.0. The SMILES string of the molecule is CCCCOc1ccc(-c2c(C#N)c(N)[nH]c(=O)c2C#N)cc1OC. The number of nitrogens with one attached hydrogen (secondary N) is 1. The van der Waals surface area contributed by atoms with E-state index < -0.39 is 5.56 Å². The monoisotopic (exact) mass is 338 g/mol. The Bertz CT molecular complexity index is 920. The van der Waals surface area contributed by atoms with Crippen LogP contribution in [0.5, 0.6) is 11.5 Å². The molecule has 0 fully saturated rings. The number of benzene rings is 1. The molecule has 7 heteroatoms. The van der Waals surface area contributed by atoms with Gasteiger partial charge in [-0.2, -0.15) is 10.5 Å². The van der Waals surface area contributed by atoms with E-state index >= 15 is 0 Å². The fourth-order valence-corrected chi connectivity index (χ4v) is 2.40. The number of aromatic amines is 1. The molecule has 0 spiro atoms. The number of rotatable bonds is 6. The Hall–Kier alpha value is -3.45. The molecule has 0 unspecified atom stereocenters. The lowest BCUT2D eigenvalue weighted by Crippen LogP contribution is -2.16. The van der Waals surface area contributed by atoms with Gasteiger partial charge < -0.3 is 20.2 Å². The highest BCUT2D eigenvalue weighted by molar-refractivity contribution is 5.81. The van der Waals surface area contributed by atoms with Crippen molar-refractivity contribution in [2.24, 2.45) is 0 Å². The number of ether oxygens (including phenoxy) is 2. The minimum atomic E-state index is -0.642. The molecular weight excluding hydrogens is 320 g/mol. The van der Waals surface area contributed by atoms with Gasteiger partial charge in [-0.3, -0.25) is 4.79 Å². The molecule has 0 aliphatic rings. The third kappa shape index (κ3) is 3.56. The molecule has 0 aliphatic heterocycles. The van der Waals surface area contributed by atoms with Crippen molar-refractivity contribution >= 4 is 5.82 Å². The van der Waals surface area contributed by atoms with E-state index in [0.29, 0.717) is 23.7 Å². The number of aromatic nitrogens is 1. The summed E-state index contributed by atoms with van der Waals surface area (Å²) in [5.74, 6) is 0.915. The van der Waals surface area contributed by atoms with E-state index in [2.05, 4.69) is 11.9 Å². The minimum absolute atomic E-state index is 0.0397. The molecule has 1 aromatic carbocycles. The second-order valence-corrected chi connectivity index (χ2v) is 5.28. The second-order valence-electron chi connectivity index (χ2n) is 5.28. The van der Waals surface area contributed by atoms with E-state index in [1.165, 1.54) is 7.11 Å². The molecular formula is C18H18N4O3. The maximum Gasteiger partial charge on any atom is 0.268 e. The van der Waals surface area contributed by atoms with Crippen LogP contribution in [0.25, 0.3) is 11.1 Å². The molecule has 0 radical (unpaired) electrons. The van der Waals surface area contributed by atoms with Crippen molar-refractivity contribution in [1.29, 1.82) is 10.5 Å². The third-order valence-electron chi connectivity index (χ3n) is 3.68. The van der Waals surface area contributed by atoms with E-state index in [0.717, 1.165) is 12.8 Å². The Morgan fingerprint density at radius 1 is 1.20 bits per heavy atom. The first-order valence-electron chi connectivity index (χ1n) is 7.74. The van der Waals surface area contributed by atoms with Gasteiger partial charge in [0.2, 0.25) is 0 Å². The van der Waals surface area contributed by atoms with Crippen LogP contribution in [-0.4, -0.2) is 18.7 Å². The minimum Gasteiger partial charge on any atom is -0.493 e. The summed E-state index contributed by atoms with van der Waals surface area (Å²) in [6, 6.07) is 8.75. The molecule has 1 aromatic heterocycles. The van der Waals surface area contributed by atoms with Crippen LogP contribution < -0.4 is 20.8 Å². The van der Waals surface area contributed by atoms with E-state index in [1.807, 2.05) is 12.1 Å². The van der Waals surface area contributed by atoms with Crippen molar-refractivity contribution in [3.05, 3.63) is 39.7 Å². The van der Waals surface area contributed by atoms with Gasteiger partial charge in [0.15, 0.2) is 11.5 Å². The number of nitrogen functional groups attached to an aromatic ring is 1. The number of anilines is 1. The topological polar surface area (TPSA) is 125 Å². The molecule has 7 nitrogen and oxygen atoms in total. The number of nitriles is 2. The summed E-state index contributed by atoms with van der Waals surface area (Å²) < 4.78 is 11.0. The Morgan fingerprint density at radius 3 is 2.52 bits per heavy atom. The smallest absolute Gasteiger partial charge is 0.268 e. The summed E-state index contributed by atoms with van der Waals surface area (Å²) in [5.41, 5.74) is 5.62. The first-order chi connectivity index (χ1) is 12.1. The van der Waals surface area contributed by atoms with Gasteiger partial charge in [0.25, 0.3) is 5.56 Å². The molecule has 2 aromatic rings. The highest BCUT2D eigenvalue weighted by atomic mass is 16.5. The average Bonchev–Trinajstić information content (AvgIpc) is 2.61. The number of nitrogens with zero attached hydrogens (tertiary/aromatic N) is 2. The summed E-state index contributed by atoms with van der Waals surface area (Å²) in [5, 5.41) is 18.7. The van der Waals surface area contributed by atoms with Crippen LogP contribution in [0.4, 0.5) is 5.82 Å². The number of H-pyrrole nitrogens is 1. The van der Waals surface area contributed by atoms with E-state index in [-0.39, 0.29) is 22.5 Å². The first-order valence-corrected chi connectivity index (χ1v) is 7.74. The molecule has 0 aliphatic carbocycles. The third-order valence-corrected chi connectivity index (χ3v) is 3.68. The van der Waals surface area contributed by atoms with Crippen molar-refractivity contribution in [2.45, 2.75) is 19.8 Å². The Morgan fingerprint density at radius 2 is 1.92 bits per heavy atom. The zero-order chi connectivity index (χ0) is 18.4. The van der Waals surface area contributed by atoms with Crippen molar-refractivity contribution in [2.75, 3.05) is 19.5 Å². The lowest BCUT2D eigenvalue weighted by atomic mass is 9.96. The van der Waals surface area contributed by atoms with Gasteiger partial charge in [-0.05, 0) is 24.1 Å². The predicted molar refractivity (Wildman–Crippen MR) is 93.3 cm³/mol. The normalized spacial score (nSPS) is 9.92. The molecule has 0 atom stereocenters. The van der Waals surface area contributed by atoms with Crippen molar-refractivity contribution in [3.63, 3.8) is 0 Å². The summed E-state index contributed by atoms with van der Waals surface area (Å²) in [7, 11) is 1.49. The number of nitrogens with two attached hydrogens (primary N) is 1. The zero-order valence-electron chi connectivity index (χ0n) is 14.0. The molecule has 25 heavy (non-hydrogen) atoms. The summed E-state index contributed by atoms with van der Waals surface area (Å²) in [4.78, 5) is 14.3. The molecule has 0 saturated carbocycles. The average molecular weight is 338 g/mol. The van der Waals surface area contributed by atoms with Gasteiger partial charge in [0.05, 0.1) is 13.7 Å². The Labute approximate surface area is 145 Å². The lowest BCUT2D eigenvalue weighted by molar-refractivity contribution is 0.288. The Kier molecular flexibility index (Phi) is 5.65. The fraction of sp³-hybridized carbons (Fsp3) is 0.278. The molecule has 0 saturated heterocycles. The second kappa shape index (κ2) is 7.89. The molecule has 2 rings (SSSR count). The number of hydrogen-bond acceptors (Lipinski definition) is 6. The van der Waals surface area contributed by atoms with Gasteiger partial charge >= 0.3 is 0 Å². The Balaban J connectivity index is 2.62. The van der Waals surface area contributed by atoms with Gasteiger partial charge in [-0.25, -0.2) is 0 Å². The fourth-order valence-electron chi connectivity index (χ4n) is 2.40. The molecule has 0 bridgehead atoms. The number of pyridine rings is 1. The zero-order valence-corrected chi connectivity index (χ0v) is 14.0. The highest BCUT2D eigenvalue weighted by Gasteiger charge is 2.19. The molecule has 3 N–H and O–H groups in total. The van der Waals surface area contributed by atoms with E-state index in [9.17, 15) is 15.3 Å². The standard InChI is InChI=1S/C18H18N4O3/c1-3-4-7-25-14-6-5-11(8-15(14)24-2)16-12(9-19)17(21)22-18(23)13(16)10-20/h5-6,8H,3-4,7H2,1-2H3,(H3,21,22,23). The lowest BCUT2D eigenvalue weighted by Gasteiger charge is -2.14. The van der Waals surface area contributed by atoms with Crippen LogP contribution in [0.3, 0.4) is 0 Å². The van der Waals surface area contributed by atoms with Crippen molar-refractivity contribution < 1.29 is 9.47 Å². The van der Waals surface area contributed by atoms with Crippen LogP contribution in [0.2, 0.25) is 0 Å². The van der Waals surface area contributed by atoms with Crippen LogP contribution in [-0.2, 0) is 0 Å². The highest BCUT2D eigenvalue weighted by Crippen LogP contribution is 2.35. The quantitative estimate of drug-likeness (QED) is 0.780. The molecule has 0 amide bonds. The number of hydrogen-bond donors (Lipinski definition) is 2. The van der Waals surface area contributed by atoms with Crippen LogP contribution in [0.15, 0.2) is 23.0 Å².